The summed E-state index contributed by atoms with van der Waals surface area (Å²) in [5.74, 6) is -0.0700. The molecule has 2 aliphatic rings. The molecule has 12 heavy (non-hydrogen) atoms. The van der Waals surface area contributed by atoms with Crippen LogP contribution in [0.5, 0.6) is 0 Å². The van der Waals surface area contributed by atoms with Crippen molar-refractivity contribution >= 4 is 5.97 Å². The Balaban J connectivity index is 1.95. The van der Waals surface area contributed by atoms with Crippen LogP contribution < -0.4 is 5.32 Å². The highest BCUT2D eigenvalue weighted by Crippen LogP contribution is 2.41. The molecule has 0 heterocycles. The summed E-state index contributed by atoms with van der Waals surface area (Å²) in [6.45, 7) is 0.0804. The van der Waals surface area contributed by atoms with Crippen LogP contribution in [0.3, 0.4) is 0 Å². The van der Waals surface area contributed by atoms with Gasteiger partial charge in [0, 0.05) is 5.54 Å². The molecule has 0 aromatic carbocycles. The predicted molar refractivity (Wildman–Crippen MR) is 44.9 cm³/mol. The molecule has 0 amide bonds. The fourth-order valence-electron chi connectivity index (χ4n) is 2.22. The summed E-state index contributed by atoms with van der Waals surface area (Å²) < 4.78 is 0. The summed E-state index contributed by atoms with van der Waals surface area (Å²) in [6, 6.07) is 0. The van der Waals surface area contributed by atoms with E-state index >= 15 is 0 Å². The largest absolute Gasteiger partial charge is 0.480 e. The van der Waals surface area contributed by atoms with Gasteiger partial charge in [0.05, 0.1) is 6.54 Å². The van der Waals surface area contributed by atoms with E-state index in [1.54, 1.807) is 0 Å². The van der Waals surface area contributed by atoms with Gasteiger partial charge in [-0.3, -0.25) is 10.1 Å². The SMILES string of the molecule is O=C(O)CNC12C=CC(CC1)C2. The van der Waals surface area contributed by atoms with E-state index < -0.39 is 5.97 Å². The Morgan fingerprint density at radius 1 is 1.75 bits per heavy atom. The number of hydrogen-bond donors (Lipinski definition) is 2. The first-order valence-electron chi connectivity index (χ1n) is 4.36. The number of fused-ring (bicyclic) bond motifs is 2. The van der Waals surface area contributed by atoms with Gasteiger partial charge in [-0.25, -0.2) is 0 Å². The molecule has 3 nitrogen and oxygen atoms in total. The average molecular weight is 167 g/mol. The highest BCUT2D eigenvalue weighted by atomic mass is 16.4. The van der Waals surface area contributed by atoms with Gasteiger partial charge in [0.2, 0.25) is 0 Å². The zero-order valence-electron chi connectivity index (χ0n) is 6.92. The van der Waals surface area contributed by atoms with E-state index in [1.165, 1.54) is 6.42 Å². The third-order valence-corrected chi connectivity index (χ3v) is 2.87. The molecular formula is C9H13NO2. The van der Waals surface area contributed by atoms with Gasteiger partial charge in [0.25, 0.3) is 0 Å². The summed E-state index contributed by atoms with van der Waals surface area (Å²) in [4.78, 5) is 10.3. The van der Waals surface area contributed by atoms with Crippen molar-refractivity contribution in [1.29, 1.82) is 0 Å². The molecule has 2 unspecified atom stereocenters. The van der Waals surface area contributed by atoms with E-state index in [0.29, 0.717) is 5.92 Å². The van der Waals surface area contributed by atoms with Crippen LogP contribution in [-0.4, -0.2) is 23.2 Å². The molecule has 1 saturated carbocycles. The maximum atomic E-state index is 10.3. The van der Waals surface area contributed by atoms with Crippen LogP contribution in [0.2, 0.25) is 0 Å². The number of carboxylic acids is 1. The van der Waals surface area contributed by atoms with Gasteiger partial charge in [-0.15, -0.1) is 0 Å². The fraction of sp³-hybridized carbons (Fsp3) is 0.667. The molecule has 0 radical (unpaired) electrons. The number of carboxylic acid groups (broad SMARTS) is 1. The first kappa shape index (κ1) is 7.80. The van der Waals surface area contributed by atoms with E-state index in [4.69, 9.17) is 5.11 Å². The van der Waals surface area contributed by atoms with Crippen molar-refractivity contribution in [3.63, 3.8) is 0 Å². The van der Waals surface area contributed by atoms with Crippen LogP contribution in [0.1, 0.15) is 19.3 Å². The Kier molecular flexibility index (Phi) is 1.68. The quantitative estimate of drug-likeness (QED) is 0.610. The molecule has 0 aromatic rings. The highest BCUT2D eigenvalue weighted by Gasteiger charge is 2.40. The smallest absolute Gasteiger partial charge is 0.317 e. The molecule has 0 aromatic heterocycles. The lowest BCUT2D eigenvalue weighted by atomic mass is 9.99. The van der Waals surface area contributed by atoms with Crippen LogP contribution in [-0.2, 0) is 4.79 Å². The standard InChI is InChI=1S/C9H13NO2/c11-8(12)6-10-9-3-1-7(5-9)2-4-9/h1,3,7,10H,2,4-6H2,(H,11,12). The summed E-state index contributed by atoms with van der Waals surface area (Å²) in [6.07, 6.45) is 7.76. The summed E-state index contributed by atoms with van der Waals surface area (Å²) in [7, 11) is 0. The molecule has 66 valence electrons. The number of hydrogen-bond acceptors (Lipinski definition) is 2. The van der Waals surface area contributed by atoms with E-state index in [1.807, 2.05) is 0 Å². The molecule has 2 aliphatic carbocycles. The highest BCUT2D eigenvalue weighted by molar-refractivity contribution is 5.69. The normalized spacial score (nSPS) is 37.5. The van der Waals surface area contributed by atoms with Gasteiger partial charge in [-0.2, -0.15) is 0 Å². The van der Waals surface area contributed by atoms with Crippen molar-refractivity contribution < 1.29 is 9.90 Å². The lowest BCUT2D eigenvalue weighted by molar-refractivity contribution is -0.136. The zero-order chi connectivity index (χ0) is 8.60. The second-order valence-electron chi connectivity index (χ2n) is 3.77. The molecule has 2 N–H and O–H groups in total. The zero-order valence-corrected chi connectivity index (χ0v) is 6.92. The Bertz CT molecular complexity index is 237. The van der Waals surface area contributed by atoms with E-state index in [9.17, 15) is 4.79 Å². The van der Waals surface area contributed by atoms with Gasteiger partial charge in [-0.05, 0) is 25.2 Å². The topological polar surface area (TPSA) is 49.3 Å². The first-order chi connectivity index (χ1) is 5.70. The Hall–Kier alpha value is -0.830. The molecule has 0 aliphatic heterocycles. The summed E-state index contributed by atoms with van der Waals surface area (Å²) >= 11 is 0. The first-order valence-corrected chi connectivity index (χ1v) is 4.36. The second kappa shape index (κ2) is 2.59. The minimum absolute atomic E-state index is 0.0308. The van der Waals surface area contributed by atoms with Crippen LogP contribution >= 0.6 is 0 Å². The van der Waals surface area contributed by atoms with E-state index in [0.717, 1.165) is 12.8 Å². The van der Waals surface area contributed by atoms with Gasteiger partial charge < -0.3 is 5.11 Å². The van der Waals surface area contributed by atoms with Crippen molar-refractivity contribution in [3.8, 4) is 0 Å². The third kappa shape index (κ3) is 1.25. The number of carbonyl (C=O) groups is 1. The summed E-state index contributed by atoms with van der Waals surface area (Å²) in [5.41, 5.74) is 0.0308. The Labute approximate surface area is 71.5 Å². The van der Waals surface area contributed by atoms with Crippen LogP contribution in [0.15, 0.2) is 12.2 Å². The number of nitrogens with one attached hydrogen (secondary N) is 1. The van der Waals surface area contributed by atoms with Crippen molar-refractivity contribution in [2.75, 3.05) is 6.54 Å². The van der Waals surface area contributed by atoms with Crippen molar-refractivity contribution in [2.24, 2.45) is 5.92 Å². The van der Waals surface area contributed by atoms with Crippen LogP contribution in [0, 0.1) is 5.92 Å². The molecule has 2 atom stereocenters. The minimum atomic E-state index is -0.770. The molecule has 2 rings (SSSR count). The fourth-order valence-corrected chi connectivity index (χ4v) is 2.22. The second-order valence-corrected chi connectivity index (χ2v) is 3.77. The van der Waals surface area contributed by atoms with Gasteiger partial charge >= 0.3 is 5.97 Å². The summed E-state index contributed by atoms with van der Waals surface area (Å²) in [5, 5.41) is 11.6. The van der Waals surface area contributed by atoms with Crippen LogP contribution in [0.25, 0.3) is 0 Å². The predicted octanol–water partition coefficient (Wildman–Crippen LogP) is 0.769. The Morgan fingerprint density at radius 3 is 3.00 bits per heavy atom. The van der Waals surface area contributed by atoms with Gasteiger partial charge in [0.1, 0.15) is 0 Å². The molecule has 1 fully saturated rings. The minimum Gasteiger partial charge on any atom is -0.480 e. The molecular weight excluding hydrogens is 154 g/mol. The van der Waals surface area contributed by atoms with Crippen molar-refractivity contribution in [2.45, 2.75) is 24.8 Å². The number of rotatable bonds is 3. The maximum absolute atomic E-state index is 10.3. The monoisotopic (exact) mass is 167 g/mol. The number of allylic oxidation sites excluding steroid dienone is 1. The molecule has 2 bridgehead atoms. The molecule has 0 spiro atoms. The lowest BCUT2D eigenvalue weighted by Crippen LogP contribution is -2.42. The maximum Gasteiger partial charge on any atom is 0.317 e. The molecule has 3 heteroatoms. The van der Waals surface area contributed by atoms with E-state index in [-0.39, 0.29) is 12.1 Å². The van der Waals surface area contributed by atoms with Gasteiger partial charge in [-0.1, -0.05) is 12.2 Å². The average Bonchev–Trinajstić information content (AvgIpc) is 2.60. The lowest BCUT2D eigenvalue weighted by Gasteiger charge is -2.23. The van der Waals surface area contributed by atoms with Crippen molar-refractivity contribution in [3.05, 3.63) is 12.2 Å². The molecule has 0 saturated heterocycles. The third-order valence-electron chi connectivity index (χ3n) is 2.87. The van der Waals surface area contributed by atoms with Crippen LogP contribution in [0.4, 0.5) is 0 Å². The van der Waals surface area contributed by atoms with E-state index in [2.05, 4.69) is 17.5 Å². The Morgan fingerprint density at radius 2 is 2.58 bits per heavy atom. The van der Waals surface area contributed by atoms with Gasteiger partial charge in [0.15, 0.2) is 0 Å². The van der Waals surface area contributed by atoms with Crippen molar-refractivity contribution in [1.82, 2.24) is 5.32 Å². The number of aliphatic carboxylic acids is 1.